The maximum Gasteiger partial charge on any atom is 0.406 e. The van der Waals surface area contributed by atoms with Gasteiger partial charge in [-0.15, -0.1) is 36.3 Å². The number of thiazole rings is 1. The van der Waals surface area contributed by atoms with Crippen molar-refractivity contribution in [2.75, 3.05) is 11.2 Å². The number of hydrogen-bond acceptors (Lipinski definition) is 7. The van der Waals surface area contributed by atoms with Crippen LogP contribution in [0.5, 0.6) is 0 Å². The number of aryl methyl sites for hydroxylation is 2. The standard InChI is InChI=1S/C20H26F3N5S2.C2H4/c1-6-17-28-13(2)18(30-17)15(24-5)11-29-12-26-16-8-7-14(9-25-16)10-27-19(3,4)20(21,22)23;1-2/h7-9,11,27H,5-6,10,12H2,1-4H3,(H,25,26);1-2H2/b15-11-;. The van der Waals surface area contributed by atoms with Crippen LogP contribution in [0.2, 0.25) is 0 Å². The summed E-state index contributed by atoms with van der Waals surface area (Å²) >= 11 is 3.14. The van der Waals surface area contributed by atoms with Gasteiger partial charge in [-0.2, -0.15) is 13.2 Å². The number of nitrogens with one attached hydrogen (secondary N) is 2. The van der Waals surface area contributed by atoms with Crippen molar-refractivity contribution >= 4 is 41.3 Å². The van der Waals surface area contributed by atoms with Crippen molar-refractivity contribution in [1.29, 1.82) is 0 Å². The highest BCUT2D eigenvalue weighted by atomic mass is 32.2. The van der Waals surface area contributed by atoms with Crippen molar-refractivity contribution in [1.82, 2.24) is 15.3 Å². The van der Waals surface area contributed by atoms with E-state index in [1.165, 1.54) is 11.8 Å². The zero-order chi connectivity index (χ0) is 24.4. The Morgan fingerprint density at radius 2 is 1.97 bits per heavy atom. The average molecular weight is 486 g/mol. The molecular weight excluding hydrogens is 455 g/mol. The van der Waals surface area contributed by atoms with E-state index in [1.54, 1.807) is 29.7 Å². The Kier molecular flexibility index (Phi) is 11.1. The lowest BCUT2D eigenvalue weighted by Gasteiger charge is -2.29. The van der Waals surface area contributed by atoms with Gasteiger partial charge in [0.2, 0.25) is 0 Å². The lowest BCUT2D eigenvalue weighted by atomic mass is 10.0. The first-order chi connectivity index (χ1) is 15.1. The van der Waals surface area contributed by atoms with Crippen LogP contribution in [0, 0.1) is 6.92 Å². The van der Waals surface area contributed by atoms with Gasteiger partial charge in [0.05, 0.1) is 27.2 Å². The molecule has 32 heavy (non-hydrogen) atoms. The molecule has 0 atom stereocenters. The minimum absolute atomic E-state index is 0.0829. The highest BCUT2D eigenvalue weighted by Gasteiger charge is 2.46. The molecule has 5 nitrogen and oxygen atoms in total. The summed E-state index contributed by atoms with van der Waals surface area (Å²) in [7, 11) is 0. The van der Waals surface area contributed by atoms with Crippen LogP contribution >= 0.6 is 23.1 Å². The highest BCUT2D eigenvalue weighted by Crippen LogP contribution is 2.30. The van der Waals surface area contributed by atoms with Gasteiger partial charge in [-0.3, -0.25) is 10.3 Å². The normalized spacial score (nSPS) is 12.2. The quantitative estimate of drug-likeness (QED) is 0.175. The third kappa shape index (κ3) is 8.07. The summed E-state index contributed by atoms with van der Waals surface area (Å²) in [5.74, 6) is 1.20. The van der Waals surface area contributed by atoms with Crippen molar-refractivity contribution < 1.29 is 13.2 Å². The van der Waals surface area contributed by atoms with Crippen molar-refractivity contribution in [3.63, 3.8) is 0 Å². The van der Waals surface area contributed by atoms with Crippen LogP contribution in [0.1, 0.15) is 41.9 Å². The number of hydrogen-bond donors (Lipinski definition) is 2. The minimum Gasteiger partial charge on any atom is -0.361 e. The second-order valence-corrected chi connectivity index (χ2v) is 8.99. The van der Waals surface area contributed by atoms with Gasteiger partial charge in [-0.25, -0.2) is 9.97 Å². The number of pyridine rings is 1. The predicted octanol–water partition coefficient (Wildman–Crippen LogP) is 6.44. The molecule has 2 aromatic rings. The lowest BCUT2D eigenvalue weighted by Crippen LogP contribution is -2.51. The van der Waals surface area contributed by atoms with Crippen LogP contribution in [-0.4, -0.2) is 34.3 Å². The van der Waals surface area contributed by atoms with Gasteiger partial charge in [-0.1, -0.05) is 13.0 Å². The zero-order valence-electron chi connectivity index (χ0n) is 18.8. The summed E-state index contributed by atoms with van der Waals surface area (Å²) in [6, 6.07) is 3.49. The van der Waals surface area contributed by atoms with Crippen molar-refractivity contribution in [2.45, 2.75) is 52.4 Å². The molecule has 2 aromatic heterocycles. The molecule has 2 N–H and O–H groups in total. The van der Waals surface area contributed by atoms with Crippen molar-refractivity contribution in [2.24, 2.45) is 4.99 Å². The smallest absolute Gasteiger partial charge is 0.361 e. The van der Waals surface area contributed by atoms with Crippen LogP contribution in [0.3, 0.4) is 0 Å². The highest BCUT2D eigenvalue weighted by molar-refractivity contribution is 8.02. The maximum atomic E-state index is 12.9. The number of rotatable bonds is 10. The van der Waals surface area contributed by atoms with Crippen LogP contribution in [-0.2, 0) is 13.0 Å². The van der Waals surface area contributed by atoms with Crippen LogP contribution in [0.15, 0.2) is 41.9 Å². The minimum atomic E-state index is -4.32. The molecule has 0 aromatic carbocycles. The molecule has 0 bridgehead atoms. The Balaban J connectivity index is 0.00000249. The molecule has 0 aliphatic rings. The molecule has 0 fully saturated rings. The predicted molar refractivity (Wildman–Crippen MR) is 132 cm³/mol. The Bertz CT molecular complexity index is 890. The number of thioether (sulfide) groups is 1. The maximum absolute atomic E-state index is 12.9. The molecule has 176 valence electrons. The molecule has 10 heteroatoms. The fourth-order valence-corrected chi connectivity index (χ4v) is 4.02. The molecule has 0 saturated carbocycles. The van der Waals surface area contributed by atoms with Crippen molar-refractivity contribution in [3.05, 3.63) is 58.0 Å². The number of alkyl halides is 3. The Hall–Kier alpha value is -2.17. The summed E-state index contributed by atoms with van der Waals surface area (Å²) in [5, 5.41) is 8.67. The van der Waals surface area contributed by atoms with Gasteiger partial charge in [0, 0.05) is 12.7 Å². The van der Waals surface area contributed by atoms with E-state index in [-0.39, 0.29) is 6.54 Å². The van der Waals surface area contributed by atoms with Crippen LogP contribution < -0.4 is 10.6 Å². The molecule has 0 unspecified atom stereocenters. The lowest BCUT2D eigenvalue weighted by molar-refractivity contribution is -0.186. The number of halogens is 3. The van der Waals surface area contributed by atoms with Gasteiger partial charge in [0.15, 0.2) is 0 Å². The number of aliphatic imine (C=N–C) groups is 1. The van der Waals surface area contributed by atoms with Gasteiger partial charge in [-0.05, 0) is 50.9 Å². The van der Waals surface area contributed by atoms with Crippen LogP contribution in [0.4, 0.5) is 19.0 Å². The molecule has 0 aliphatic carbocycles. The first-order valence-electron chi connectivity index (χ1n) is 9.83. The third-order valence-electron chi connectivity index (χ3n) is 4.35. The molecule has 0 amide bonds. The first kappa shape index (κ1) is 27.9. The molecule has 0 aliphatic heterocycles. The molecule has 0 spiro atoms. The third-order valence-corrected chi connectivity index (χ3v) is 6.37. The van der Waals surface area contributed by atoms with Gasteiger partial charge < -0.3 is 5.32 Å². The molecule has 2 rings (SSSR count). The topological polar surface area (TPSA) is 62.2 Å². The summed E-state index contributed by atoms with van der Waals surface area (Å²) in [4.78, 5) is 13.9. The zero-order valence-corrected chi connectivity index (χ0v) is 20.5. The number of nitrogens with zero attached hydrogens (tertiary/aromatic N) is 3. The fourth-order valence-electron chi connectivity index (χ4n) is 2.30. The number of anilines is 1. The second-order valence-electron chi connectivity index (χ2n) is 7.05. The summed E-state index contributed by atoms with van der Waals surface area (Å²) in [6.07, 6.45) is -1.87. The van der Waals surface area contributed by atoms with E-state index in [4.69, 9.17) is 0 Å². The average Bonchev–Trinajstić information content (AvgIpc) is 3.14. The van der Waals surface area contributed by atoms with E-state index in [9.17, 15) is 13.2 Å². The Morgan fingerprint density at radius 1 is 1.28 bits per heavy atom. The van der Waals surface area contributed by atoms with E-state index < -0.39 is 11.7 Å². The fraction of sp³-hybridized carbons (Fsp3) is 0.409. The first-order valence-corrected chi connectivity index (χ1v) is 11.7. The van der Waals surface area contributed by atoms with Gasteiger partial charge in [0.25, 0.3) is 0 Å². The van der Waals surface area contributed by atoms with E-state index in [1.807, 2.05) is 12.3 Å². The summed E-state index contributed by atoms with van der Waals surface area (Å²) in [6.45, 7) is 16.0. The van der Waals surface area contributed by atoms with Crippen LogP contribution in [0.25, 0.3) is 5.70 Å². The number of aromatic nitrogens is 2. The van der Waals surface area contributed by atoms with Gasteiger partial charge in [0.1, 0.15) is 11.4 Å². The van der Waals surface area contributed by atoms with Crippen molar-refractivity contribution in [3.8, 4) is 0 Å². The largest absolute Gasteiger partial charge is 0.406 e. The van der Waals surface area contributed by atoms with E-state index >= 15 is 0 Å². The second kappa shape index (κ2) is 12.8. The molecule has 2 heterocycles. The Labute approximate surface area is 196 Å². The molecule has 0 radical (unpaired) electrons. The van der Waals surface area contributed by atoms with E-state index in [0.717, 1.165) is 41.5 Å². The molecular formula is C22H30F3N5S2. The van der Waals surface area contributed by atoms with Gasteiger partial charge >= 0.3 is 6.18 Å². The molecule has 0 saturated heterocycles. The monoisotopic (exact) mass is 485 g/mol. The summed E-state index contributed by atoms with van der Waals surface area (Å²) in [5.41, 5.74) is 0.454. The Morgan fingerprint density at radius 3 is 2.47 bits per heavy atom. The van der Waals surface area contributed by atoms with E-state index in [0.29, 0.717) is 17.3 Å². The van der Waals surface area contributed by atoms with E-state index in [2.05, 4.69) is 52.4 Å². The summed E-state index contributed by atoms with van der Waals surface area (Å²) < 4.78 is 38.7. The SMILES string of the molecule is C=C.C=N/C(=C\SCNc1ccc(CNC(C)(C)C(F)(F)F)cn1)c1sc(CC)nc1C.